The third-order valence-electron chi connectivity index (χ3n) is 3.35. The molecule has 0 saturated heterocycles. The van der Waals surface area contributed by atoms with Gasteiger partial charge in [0.25, 0.3) is 0 Å². The summed E-state index contributed by atoms with van der Waals surface area (Å²) in [5.74, 6) is 0.0132. The summed E-state index contributed by atoms with van der Waals surface area (Å²) >= 11 is 0. The zero-order chi connectivity index (χ0) is 11.3. The molecule has 0 heterocycles. The second-order valence-corrected chi connectivity index (χ2v) is 4.55. The highest BCUT2D eigenvalue weighted by Gasteiger charge is 2.35. The summed E-state index contributed by atoms with van der Waals surface area (Å²) in [5.41, 5.74) is 5.39. The minimum absolute atomic E-state index is 0.240. The first-order chi connectivity index (χ1) is 7.03. The summed E-state index contributed by atoms with van der Waals surface area (Å²) in [7, 11) is 0. The van der Waals surface area contributed by atoms with E-state index in [-0.39, 0.29) is 11.8 Å². The lowest BCUT2D eigenvalue weighted by atomic mass is 9.77. The molecule has 0 spiro atoms. The Morgan fingerprint density at radius 2 is 1.73 bits per heavy atom. The van der Waals surface area contributed by atoms with E-state index in [1.54, 1.807) is 0 Å². The van der Waals surface area contributed by atoms with Crippen molar-refractivity contribution in [1.29, 1.82) is 0 Å². The first-order valence-electron chi connectivity index (χ1n) is 5.80. The van der Waals surface area contributed by atoms with E-state index in [1.165, 1.54) is 6.42 Å². The molecule has 2 N–H and O–H groups in total. The maximum absolute atomic E-state index is 12.3. The highest BCUT2D eigenvalue weighted by atomic mass is 19.4. The third kappa shape index (κ3) is 4.87. The maximum atomic E-state index is 12.3. The third-order valence-corrected chi connectivity index (χ3v) is 3.35. The van der Waals surface area contributed by atoms with E-state index < -0.39 is 12.6 Å². The van der Waals surface area contributed by atoms with Gasteiger partial charge in [0.1, 0.15) is 0 Å². The van der Waals surface area contributed by atoms with Crippen LogP contribution in [0.15, 0.2) is 0 Å². The van der Waals surface area contributed by atoms with Crippen LogP contribution in [0.25, 0.3) is 0 Å². The van der Waals surface area contributed by atoms with Crippen molar-refractivity contribution in [2.45, 2.75) is 51.1 Å². The lowest BCUT2D eigenvalue weighted by Gasteiger charge is -2.30. The normalized spacial score (nSPS) is 21.6. The van der Waals surface area contributed by atoms with Crippen molar-refractivity contribution < 1.29 is 13.2 Å². The lowest BCUT2D eigenvalue weighted by molar-refractivity contribution is -0.149. The van der Waals surface area contributed by atoms with Crippen molar-refractivity contribution >= 4 is 0 Å². The number of rotatable bonds is 4. The molecule has 1 aliphatic carbocycles. The Labute approximate surface area is 89.2 Å². The van der Waals surface area contributed by atoms with Gasteiger partial charge in [0, 0.05) is 6.42 Å². The molecule has 15 heavy (non-hydrogen) atoms. The Hall–Kier alpha value is -0.250. The van der Waals surface area contributed by atoms with Gasteiger partial charge in [-0.15, -0.1) is 0 Å². The molecule has 1 atom stereocenters. The van der Waals surface area contributed by atoms with Crippen LogP contribution < -0.4 is 5.73 Å². The SMILES string of the molecule is NCCC(CC(F)(F)F)C1CCCCC1. The van der Waals surface area contributed by atoms with E-state index in [2.05, 4.69) is 0 Å². The topological polar surface area (TPSA) is 26.0 Å². The molecule has 90 valence electrons. The molecule has 1 fully saturated rings. The van der Waals surface area contributed by atoms with Gasteiger partial charge in [-0.2, -0.15) is 13.2 Å². The van der Waals surface area contributed by atoms with E-state index in [9.17, 15) is 13.2 Å². The Kier molecular flexibility index (Phi) is 4.90. The molecule has 1 saturated carbocycles. The van der Waals surface area contributed by atoms with Gasteiger partial charge in [-0.3, -0.25) is 0 Å². The van der Waals surface area contributed by atoms with Gasteiger partial charge in [0.2, 0.25) is 0 Å². The minimum Gasteiger partial charge on any atom is -0.330 e. The summed E-state index contributed by atoms with van der Waals surface area (Å²) in [4.78, 5) is 0. The molecule has 1 rings (SSSR count). The summed E-state index contributed by atoms with van der Waals surface area (Å²) in [6.07, 6.45) is 1.11. The minimum atomic E-state index is -4.03. The Bertz CT molecular complexity index is 173. The fraction of sp³-hybridized carbons (Fsp3) is 1.00. The van der Waals surface area contributed by atoms with Crippen LogP contribution in [-0.2, 0) is 0 Å². The molecule has 0 aliphatic heterocycles. The number of hydrogen-bond acceptors (Lipinski definition) is 1. The molecule has 0 radical (unpaired) electrons. The molecule has 1 nitrogen and oxygen atoms in total. The predicted molar refractivity (Wildman–Crippen MR) is 54.4 cm³/mol. The second-order valence-electron chi connectivity index (χ2n) is 4.55. The van der Waals surface area contributed by atoms with Crippen molar-refractivity contribution in [2.75, 3.05) is 6.54 Å². The predicted octanol–water partition coefficient (Wildman–Crippen LogP) is 3.48. The van der Waals surface area contributed by atoms with Gasteiger partial charge < -0.3 is 5.73 Å². The van der Waals surface area contributed by atoms with Gasteiger partial charge >= 0.3 is 6.18 Å². The molecule has 0 amide bonds. The molecule has 4 heteroatoms. The van der Waals surface area contributed by atoms with Gasteiger partial charge in [0.05, 0.1) is 0 Å². The zero-order valence-corrected chi connectivity index (χ0v) is 9.02. The molecule has 0 aromatic carbocycles. The lowest BCUT2D eigenvalue weighted by Crippen LogP contribution is -2.26. The van der Waals surface area contributed by atoms with E-state index in [0.29, 0.717) is 13.0 Å². The quantitative estimate of drug-likeness (QED) is 0.775. The fourth-order valence-electron chi connectivity index (χ4n) is 2.62. The van der Waals surface area contributed by atoms with Crippen LogP contribution in [0.2, 0.25) is 0 Å². The molecule has 0 aromatic rings. The number of hydrogen-bond donors (Lipinski definition) is 1. The van der Waals surface area contributed by atoms with Gasteiger partial charge in [-0.25, -0.2) is 0 Å². The maximum Gasteiger partial charge on any atom is 0.389 e. The van der Waals surface area contributed by atoms with Gasteiger partial charge in [-0.05, 0) is 24.8 Å². The van der Waals surface area contributed by atoms with Crippen molar-refractivity contribution in [1.82, 2.24) is 0 Å². The van der Waals surface area contributed by atoms with Crippen LogP contribution in [-0.4, -0.2) is 12.7 Å². The Morgan fingerprint density at radius 3 is 2.20 bits per heavy atom. The first-order valence-corrected chi connectivity index (χ1v) is 5.80. The van der Waals surface area contributed by atoms with E-state index >= 15 is 0 Å². The molecular formula is C11H20F3N. The second kappa shape index (κ2) is 5.73. The summed E-state index contributed by atoms with van der Waals surface area (Å²) in [6.45, 7) is 0.372. The van der Waals surface area contributed by atoms with Crippen LogP contribution in [0.3, 0.4) is 0 Å². The van der Waals surface area contributed by atoms with Crippen LogP contribution in [0, 0.1) is 11.8 Å². The number of nitrogens with two attached hydrogens (primary N) is 1. The van der Waals surface area contributed by atoms with Crippen molar-refractivity contribution in [3.05, 3.63) is 0 Å². The molecule has 1 aliphatic rings. The molecule has 0 bridgehead atoms. The standard InChI is InChI=1S/C11H20F3N/c12-11(13,14)8-10(6-7-15)9-4-2-1-3-5-9/h9-10H,1-8,15H2. The Morgan fingerprint density at radius 1 is 1.13 bits per heavy atom. The first kappa shape index (κ1) is 12.8. The molecule has 0 aromatic heterocycles. The van der Waals surface area contributed by atoms with Crippen molar-refractivity contribution in [3.8, 4) is 0 Å². The smallest absolute Gasteiger partial charge is 0.330 e. The highest BCUT2D eigenvalue weighted by molar-refractivity contribution is 4.76. The van der Waals surface area contributed by atoms with Crippen molar-refractivity contribution in [2.24, 2.45) is 17.6 Å². The summed E-state index contributed by atoms with van der Waals surface area (Å²) in [5, 5.41) is 0. The summed E-state index contributed by atoms with van der Waals surface area (Å²) in [6, 6.07) is 0. The molecule has 1 unspecified atom stereocenters. The van der Waals surface area contributed by atoms with Crippen LogP contribution in [0.1, 0.15) is 44.9 Å². The van der Waals surface area contributed by atoms with Crippen molar-refractivity contribution in [3.63, 3.8) is 0 Å². The van der Waals surface area contributed by atoms with E-state index in [1.807, 2.05) is 0 Å². The number of halogens is 3. The van der Waals surface area contributed by atoms with Crippen LogP contribution >= 0.6 is 0 Å². The van der Waals surface area contributed by atoms with Gasteiger partial charge in [0.15, 0.2) is 0 Å². The monoisotopic (exact) mass is 223 g/mol. The van der Waals surface area contributed by atoms with E-state index in [0.717, 1.165) is 25.7 Å². The number of alkyl halides is 3. The van der Waals surface area contributed by atoms with E-state index in [4.69, 9.17) is 5.73 Å². The largest absolute Gasteiger partial charge is 0.389 e. The summed E-state index contributed by atoms with van der Waals surface area (Å²) < 4.78 is 37.0. The zero-order valence-electron chi connectivity index (χ0n) is 9.02. The highest BCUT2D eigenvalue weighted by Crippen LogP contribution is 2.37. The van der Waals surface area contributed by atoms with Crippen LogP contribution in [0.5, 0.6) is 0 Å². The fourth-order valence-corrected chi connectivity index (χ4v) is 2.62. The Balaban J connectivity index is 2.47. The van der Waals surface area contributed by atoms with Gasteiger partial charge in [-0.1, -0.05) is 32.1 Å². The average Bonchev–Trinajstić information content (AvgIpc) is 2.17. The molecular weight excluding hydrogens is 203 g/mol. The average molecular weight is 223 g/mol. The van der Waals surface area contributed by atoms with Crippen LogP contribution in [0.4, 0.5) is 13.2 Å².